The first-order valence-corrected chi connectivity index (χ1v) is 11.2. The van der Waals surface area contributed by atoms with E-state index in [1.54, 1.807) is 0 Å². The highest BCUT2D eigenvalue weighted by molar-refractivity contribution is 5.89. The fourth-order valence-corrected chi connectivity index (χ4v) is 4.75. The third-order valence-corrected chi connectivity index (χ3v) is 6.46. The molecular weight excluding hydrogens is 424 g/mol. The van der Waals surface area contributed by atoms with Crippen LogP contribution < -0.4 is 10.6 Å². The van der Waals surface area contributed by atoms with Gasteiger partial charge in [-0.05, 0) is 35.1 Å². The number of nitrogens with one attached hydrogen (secondary N) is 2. The summed E-state index contributed by atoms with van der Waals surface area (Å²) in [4.78, 5) is 36.3. The molecule has 0 heterocycles. The summed E-state index contributed by atoms with van der Waals surface area (Å²) >= 11 is 0. The van der Waals surface area contributed by atoms with Gasteiger partial charge < -0.3 is 25.6 Å². The highest BCUT2D eigenvalue weighted by Crippen LogP contribution is 2.44. The van der Waals surface area contributed by atoms with Gasteiger partial charge in [0.05, 0.1) is 12.0 Å². The van der Waals surface area contributed by atoms with Crippen LogP contribution in [0, 0.1) is 0 Å². The predicted molar refractivity (Wildman–Crippen MR) is 121 cm³/mol. The van der Waals surface area contributed by atoms with Gasteiger partial charge in [0.2, 0.25) is 5.91 Å². The summed E-state index contributed by atoms with van der Waals surface area (Å²) in [5.41, 5.74) is 3.31. The molecule has 8 heteroatoms. The van der Waals surface area contributed by atoms with Crippen LogP contribution in [0.4, 0.5) is 4.79 Å². The van der Waals surface area contributed by atoms with E-state index < -0.39 is 36.0 Å². The Labute approximate surface area is 192 Å². The minimum Gasteiger partial charge on any atom is -0.481 e. The number of carbonyl (C=O) groups excluding carboxylic acids is 2. The zero-order chi connectivity index (χ0) is 23.4. The molecule has 4 rings (SSSR count). The van der Waals surface area contributed by atoms with E-state index in [-0.39, 0.29) is 19.1 Å². The van der Waals surface area contributed by atoms with Crippen molar-refractivity contribution in [2.45, 2.75) is 49.7 Å². The maximum atomic E-state index is 12.5. The van der Waals surface area contributed by atoms with Crippen LogP contribution in [-0.2, 0) is 14.3 Å². The van der Waals surface area contributed by atoms with Gasteiger partial charge >= 0.3 is 12.1 Å². The molecule has 1 saturated carbocycles. The third-order valence-electron chi connectivity index (χ3n) is 6.46. The molecule has 0 bridgehead atoms. The normalized spacial score (nSPS) is 17.0. The minimum atomic E-state index is -1.30. The van der Waals surface area contributed by atoms with Gasteiger partial charge in [-0.2, -0.15) is 0 Å². The number of alkyl carbamates (subject to hydrolysis) is 1. The van der Waals surface area contributed by atoms with Crippen molar-refractivity contribution in [3.05, 3.63) is 59.7 Å². The van der Waals surface area contributed by atoms with E-state index in [1.807, 2.05) is 48.5 Å². The largest absolute Gasteiger partial charge is 0.481 e. The quantitative estimate of drug-likeness (QED) is 0.488. The molecule has 2 amide bonds. The summed E-state index contributed by atoms with van der Waals surface area (Å²) in [6.07, 6.45) is 1.46. The lowest BCUT2D eigenvalue weighted by Crippen LogP contribution is -2.51. The SMILES string of the molecule is O=C(O)CC(NC(=O)OCC1c2ccccc2-c2ccccc21)C(=O)NCC1(O)CCCC1. The molecule has 8 nitrogen and oxygen atoms in total. The van der Waals surface area contributed by atoms with Crippen LogP contribution in [0.25, 0.3) is 11.1 Å². The lowest BCUT2D eigenvalue weighted by molar-refractivity contribution is -0.140. The molecule has 2 aliphatic carbocycles. The summed E-state index contributed by atoms with van der Waals surface area (Å²) in [6, 6.07) is 14.5. The van der Waals surface area contributed by atoms with Gasteiger partial charge in [-0.1, -0.05) is 61.4 Å². The fraction of sp³-hybridized carbons (Fsp3) is 0.400. The Kier molecular flexibility index (Phi) is 6.65. The first kappa shape index (κ1) is 22.8. The van der Waals surface area contributed by atoms with Crippen molar-refractivity contribution in [3.63, 3.8) is 0 Å². The molecule has 174 valence electrons. The van der Waals surface area contributed by atoms with E-state index in [1.165, 1.54) is 0 Å². The van der Waals surface area contributed by atoms with Crippen molar-refractivity contribution >= 4 is 18.0 Å². The number of hydrogen-bond donors (Lipinski definition) is 4. The topological polar surface area (TPSA) is 125 Å². The van der Waals surface area contributed by atoms with Crippen LogP contribution >= 0.6 is 0 Å². The number of ether oxygens (including phenoxy) is 1. The molecule has 1 unspecified atom stereocenters. The van der Waals surface area contributed by atoms with Crippen LogP contribution in [-0.4, -0.2) is 53.0 Å². The number of carboxylic acids is 1. The third kappa shape index (κ3) is 5.17. The number of carboxylic acid groups (broad SMARTS) is 1. The van der Waals surface area contributed by atoms with Crippen molar-refractivity contribution < 1.29 is 29.3 Å². The smallest absolute Gasteiger partial charge is 0.407 e. The Morgan fingerprint density at radius 1 is 1.00 bits per heavy atom. The second kappa shape index (κ2) is 9.62. The Morgan fingerprint density at radius 3 is 2.15 bits per heavy atom. The molecule has 0 aromatic heterocycles. The molecule has 1 atom stereocenters. The summed E-state index contributed by atoms with van der Waals surface area (Å²) in [5.74, 6) is -2.04. The number of rotatable bonds is 8. The number of aliphatic carboxylic acids is 1. The standard InChI is InChI=1S/C25H28N2O6/c28-22(29)13-21(23(30)26-15-25(32)11-5-6-12-25)27-24(31)33-14-20-18-9-3-1-7-16(18)17-8-2-4-10-19(17)20/h1-4,7-10,20-21,32H,5-6,11-15H2,(H,26,30)(H,27,31)(H,28,29). The average Bonchev–Trinajstić information content (AvgIpc) is 3.37. The second-order valence-electron chi connectivity index (χ2n) is 8.77. The number of hydrogen-bond acceptors (Lipinski definition) is 5. The lowest BCUT2D eigenvalue weighted by Gasteiger charge is -2.24. The van der Waals surface area contributed by atoms with Crippen molar-refractivity contribution in [1.29, 1.82) is 0 Å². The van der Waals surface area contributed by atoms with Crippen LogP contribution in [0.5, 0.6) is 0 Å². The van der Waals surface area contributed by atoms with Gasteiger partial charge in [0.15, 0.2) is 0 Å². The molecule has 2 aromatic rings. The molecule has 33 heavy (non-hydrogen) atoms. The molecule has 2 aromatic carbocycles. The van der Waals surface area contributed by atoms with Crippen LogP contribution in [0.1, 0.15) is 49.1 Å². The Morgan fingerprint density at radius 2 is 1.58 bits per heavy atom. The number of fused-ring (bicyclic) bond motifs is 3. The number of amides is 2. The first-order chi connectivity index (χ1) is 15.9. The summed E-state index contributed by atoms with van der Waals surface area (Å²) in [5, 5.41) is 24.5. The van der Waals surface area contributed by atoms with E-state index in [0.717, 1.165) is 35.1 Å². The number of benzene rings is 2. The highest BCUT2D eigenvalue weighted by atomic mass is 16.5. The van der Waals surface area contributed by atoms with Gasteiger partial charge in [-0.3, -0.25) is 9.59 Å². The minimum absolute atomic E-state index is 0.0221. The maximum Gasteiger partial charge on any atom is 0.407 e. The number of aliphatic hydroxyl groups is 1. The number of carbonyl (C=O) groups is 3. The zero-order valence-electron chi connectivity index (χ0n) is 18.3. The summed E-state index contributed by atoms with van der Waals surface area (Å²) < 4.78 is 5.43. The van der Waals surface area contributed by atoms with Gasteiger partial charge in [-0.15, -0.1) is 0 Å². The monoisotopic (exact) mass is 452 g/mol. The lowest BCUT2D eigenvalue weighted by atomic mass is 9.98. The van der Waals surface area contributed by atoms with E-state index in [2.05, 4.69) is 10.6 Å². The van der Waals surface area contributed by atoms with E-state index in [9.17, 15) is 24.6 Å². The van der Waals surface area contributed by atoms with E-state index >= 15 is 0 Å². The highest BCUT2D eigenvalue weighted by Gasteiger charge is 2.34. The van der Waals surface area contributed by atoms with Crippen molar-refractivity contribution in [2.75, 3.05) is 13.2 Å². The molecular formula is C25H28N2O6. The van der Waals surface area contributed by atoms with Gasteiger partial charge in [0, 0.05) is 12.5 Å². The van der Waals surface area contributed by atoms with Crippen LogP contribution in [0.15, 0.2) is 48.5 Å². The van der Waals surface area contributed by atoms with E-state index in [4.69, 9.17) is 4.74 Å². The molecule has 2 aliphatic rings. The Hall–Kier alpha value is -3.39. The van der Waals surface area contributed by atoms with Crippen molar-refractivity contribution in [2.24, 2.45) is 0 Å². The molecule has 0 spiro atoms. The van der Waals surface area contributed by atoms with Gasteiger partial charge in [0.25, 0.3) is 0 Å². The second-order valence-corrected chi connectivity index (χ2v) is 8.77. The molecule has 0 radical (unpaired) electrons. The van der Waals surface area contributed by atoms with Crippen molar-refractivity contribution in [1.82, 2.24) is 10.6 Å². The molecule has 0 saturated heterocycles. The van der Waals surface area contributed by atoms with Crippen LogP contribution in [0.2, 0.25) is 0 Å². The maximum absolute atomic E-state index is 12.5. The van der Waals surface area contributed by atoms with Crippen molar-refractivity contribution in [3.8, 4) is 11.1 Å². The average molecular weight is 453 g/mol. The summed E-state index contributed by atoms with van der Waals surface area (Å²) in [7, 11) is 0. The van der Waals surface area contributed by atoms with Gasteiger partial charge in [0.1, 0.15) is 12.6 Å². The Balaban J connectivity index is 1.38. The van der Waals surface area contributed by atoms with E-state index in [0.29, 0.717) is 12.8 Å². The van der Waals surface area contributed by atoms with Crippen LogP contribution in [0.3, 0.4) is 0 Å². The Bertz CT molecular complexity index is 1000. The first-order valence-electron chi connectivity index (χ1n) is 11.2. The summed E-state index contributed by atoms with van der Waals surface area (Å²) in [6.45, 7) is 0.0787. The molecule has 1 fully saturated rings. The molecule has 4 N–H and O–H groups in total. The predicted octanol–water partition coefficient (Wildman–Crippen LogP) is 2.79. The van der Waals surface area contributed by atoms with Gasteiger partial charge in [-0.25, -0.2) is 4.79 Å². The fourth-order valence-electron chi connectivity index (χ4n) is 4.75. The zero-order valence-corrected chi connectivity index (χ0v) is 18.3. The molecule has 0 aliphatic heterocycles.